The minimum atomic E-state index is -0.901. The molecule has 0 spiro atoms. The number of likely N-dealkylation sites (tertiary alicyclic amines) is 1. The van der Waals surface area contributed by atoms with E-state index in [0.29, 0.717) is 16.9 Å². The van der Waals surface area contributed by atoms with Gasteiger partial charge in [0.1, 0.15) is 28.7 Å². The van der Waals surface area contributed by atoms with Gasteiger partial charge in [0.2, 0.25) is 0 Å². The predicted molar refractivity (Wildman–Crippen MR) is 134 cm³/mol. The summed E-state index contributed by atoms with van der Waals surface area (Å²) < 4.78 is 19.7. The number of carbonyl (C=O) groups excluding carboxylic acids is 2. The smallest absolute Gasteiger partial charge is 0.295 e. The average molecular weight is 490 g/mol. The minimum absolute atomic E-state index is 0.0271. The number of amides is 1. The van der Waals surface area contributed by atoms with Gasteiger partial charge in [-0.3, -0.25) is 9.59 Å². The van der Waals surface area contributed by atoms with Crippen molar-refractivity contribution in [3.63, 3.8) is 0 Å². The zero-order valence-corrected chi connectivity index (χ0v) is 20.6. The van der Waals surface area contributed by atoms with E-state index >= 15 is 0 Å². The molecule has 0 radical (unpaired) electrons. The van der Waals surface area contributed by atoms with E-state index in [0.717, 1.165) is 5.56 Å². The Balaban J connectivity index is 1.77. The summed E-state index contributed by atoms with van der Waals surface area (Å²) in [7, 11) is 0. The van der Waals surface area contributed by atoms with Gasteiger partial charge in [0.15, 0.2) is 0 Å². The second-order valence-electron chi connectivity index (χ2n) is 9.84. The van der Waals surface area contributed by atoms with Crippen molar-refractivity contribution in [2.45, 2.75) is 45.9 Å². The summed E-state index contributed by atoms with van der Waals surface area (Å²) in [6, 6.07) is 16.4. The van der Waals surface area contributed by atoms with Gasteiger partial charge < -0.3 is 19.8 Å². The molecular weight excluding hydrogens is 461 g/mol. The summed E-state index contributed by atoms with van der Waals surface area (Å²) >= 11 is 0. The van der Waals surface area contributed by atoms with E-state index in [9.17, 15) is 24.2 Å². The van der Waals surface area contributed by atoms with Crippen LogP contribution in [0.4, 0.5) is 4.39 Å². The fraction of sp³-hybridized carbons (Fsp3) is 0.241. The van der Waals surface area contributed by atoms with Crippen LogP contribution in [0.25, 0.3) is 5.76 Å². The number of aliphatic hydroxyl groups is 1. The number of ketones is 1. The Morgan fingerprint density at radius 3 is 2.22 bits per heavy atom. The molecule has 7 heteroatoms. The Morgan fingerprint density at radius 1 is 1.00 bits per heavy atom. The quantitative estimate of drug-likeness (QED) is 0.275. The number of hydrogen-bond donors (Lipinski definition) is 2. The molecular formula is C29H28FNO5. The largest absolute Gasteiger partial charge is 0.508 e. The van der Waals surface area contributed by atoms with Crippen LogP contribution in [0.15, 0.2) is 72.3 Å². The van der Waals surface area contributed by atoms with Crippen molar-refractivity contribution >= 4 is 17.4 Å². The second kappa shape index (κ2) is 9.49. The van der Waals surface area contributed by atoms with Crippen molar-refractivity contribution in [1.29, 1.82) is 0 Å². The SMILES string of the molecule is Cc1cc(/C(O)=C2/C(=O)C(=O)N(Cc3ccc(OC(C)(C)C)cc3)C2c2ccc(O)cc2)ccc1F. The fourth-order valence-corrected chi connectivity index (χ4v) is 4.21. The first-order valence-corrected chi connectivity index (χ1v) is 11.6. The molecule has 0 aliphatic carbocycles. The molecule has 4 rings (SSSR count). The van der Waals surface area contributed by atoms with Gasteiger partial charge in [0.05, 0.1) is 11.6 Å². The number of carbonyl (C=O) groups is 2. The summed E-state index contributed by atoms with van der Waals surface area (Å²) in [5.74, 6) is -1.72. The summed E-state index contributed by atoms with van der Waals surface area (Å²) in [4.78, 5) is 27.7. The first kappa shape index (κ1) is 25.0. The number of rotatable bonds is 5. The minimum Gasteiger partial charge on any atom is -0.508 e. The number of nitrogens with zero attached hydrogens (tertiary/aromatic N) is 1. The Hall–Kier alpha value is -4.13. The third-order valence-electron chi connectivity index (χ3n) is 5.88. The molecule has 1 fully saturated rings. The molecule has 6 nitrogen and oxygen atoms in total. The predicted octanol–water partition coefficient (Wildman–Crippen LogP) is 5.64. The number of aliphatic hydroxyl groups excluding tert-OH is 1. The van der Waals surface area contributed by atoms with E-state index in [2.05, 4.69) is 0 Å². The number of aromatic hydroxyl groups is 1. The maximum Gasteiger partial charge on any atom is 0.295 e. The van der Waals surface area contributed by atoms with Gasteiger partial charge in [0.25, 0.3) is 11.7 Å². The number of benzene rings is 3. The number of Topliss-reactive ketones (excluding diaryl/α,β-unsaturated/α-hetero) is 1. The van der Waals surface area contributed by atoms with Gasteiger partial charge >= 0.3 is 0 Å². The van der Waals surface area contributed by atoms with Crippen LogP contribution in [-0.2, 0) is 16.1 Å². The van der Waals surface area contributed by atoms with Crippen LogP contribution in [0.3, 0.4) is 0 Å². The Kier molecular flexibility index (Phi) is 6.59. The van der Waals surface area contributed by atoms with E-state index in [-0.39, 0.29) is 34.8 Å². The molecule has 0 saturated carbocycles. The van der Waals surface area contributed by atoms with E-state index in [4.69, 9.17) is 4.74 Å². The monoisotopic (exact) mass is 489 g/mol. The normalized spacial score (nSPS) is 17.5. The number of aryl methyl sites for hydroxylation is 1. The van der Waals surface area contributed by atoms with Crippen LogP contribution in [-0.4, -0.2) is 32.4 Å². The molecule has 36 heavy (non-hydrogen) atoms. The number of hydrogen-bond acceptors (Lipinski definition) is 5. The number of halogens is 1. The van der Waals surface area contributed by atoms with Crippen LogP contribution >= 0.6 is 0 Å². The summed E-state index contributed by atoms with van der Waals surface area (Å²) in [5, 5.41) is 20.9. The molecule has 1 amide bonds. The molecule has 3 aromatic carbocycles. The molecule has 1 saturated heterocycles. The number of phenolic OH excluding ortho intramolecular Hbond substituents is 1. The zero-order chi connectivity index (χ0) is 26.2. The molecule has 2 N–H and O–H groups in total. The first-order chi connectivity index (χ1) is 16.9. The summed E-state index contributed by atoms with van der Waals surface area (Å²) in [6.07, 6.45) is 0. The van der Waals surface area contributed by atoms with Crippen LogP contribution in [0, 0.1) is 12.7 Å². The Bertz CT molecular complexity index is 1340. The molecule has 1 heterocycles. The van der Waals surface area contributed by atoms with Gasteiger partial charge in [-0.2, -0.15) is 0 Å². The highest BCUT2D eigenvalue weighted by Crippen LogP contribution is 2.41. The van der Waals surface area contributed by atoms with Crippen molar-refractivity contribution in [3.05, 3.63) is 100 Å². The molecule has 1 atom stereocenters. The molecule has 0 aromatic heterocycles. The summed E-state index contributed by atoms with van der Waals surface area (Å²) in [5.41, 5.74) is 1.38. The Labute approximate surface area is 209 Å². The Morgan fingerprint density at radius 2 is 1.64 bits per heavy atom. The highest BCUT2D eigenvalue weighted by molar-refractivity contribution is 6.46. The molecule has 0 bridgehead atoms. The summed E-state index contributed by atoms with van der Waals surface area (Å²) in [6.45, 7) is 7.49. The van der Waals surface area contributed by atoms with Crippen LogP contribution in [0.1, 0.15) is 49.1 Å². The third-order valence-corrected chi connectivity index (χ3v) is 5.88. The third kappa shape index (κ3) is 5.10. The van der Waals surface area contributed by atoms with Crippen LogP contribution in [0.5, 0.6) is 11.5 Å². The van der Waals surface area contributed by atoms with Gasteiger partial charge in [-0.1, -0.05) is 24.3 Å². The molecule has 1 aliphatic heterocycles. The van der Waals surface area contributed by atoms with Gasteiger partial charge in [0, 0.05) is 12.1 Å². The van der Waals surface area contributed by atoms with Gasteiger partial charge in [-0.05, 0) is 86.8 Å². The number of phenols is 1. The van der Waals surface area contributed by atoms with Crippen molar-refractivity contribution in [3.8, 4) is 11.5 Å². The van der Waals surface area contributed by atoms with Crippen molar-refractivity contribution < 1.29 is 28.9 Å². The lowest BCUT2D eigenvalue weighted by molar-refractivity contribution is -0.140. The molecule has 3 aromatic rings. The maximum atomic E-state index is 13.8. The van der Waals surface area contributed by atoms with Crippen molar-refractivity contribution in [1.82, 2.24) is 4.90 Å². The maximum absolute atomic E-state index is 13.8. The highest BCUT2D eigenvalue weighted by atomic mass is 19.1. The van der Waals surface area contributed by atoms with E-state index in [1.54, 1.807) is 31.2 Å². The van der Waals surface area contributed by atoms with Crippen molar-refractivity contribution in [2.24, 2.45) is 0 Å². The van der Waals surface area contributed by atoms with E-state index < -0.39 is 23.5 Å². The fourth-order valence-electron chi connectivity index (χ4n) is 4.21. The lowest BCUT2D eigenvalue weighted by atomic mass is 9.94. The topological polar surface area (TPSA) is 87.1 Å². The van der Waals surface area contributed by atoms with Crippen LogP contribution in [0.2, 0.25) is 0 Å². The van der Waals surface area contributed by atoms with Gasteiger partial charge in [-0.25, -0.2) is 4.39 Å². The van der Waals surface area contributed by atoms with Crippen LogP contribution < -0.4 is 4.74 Å². The zero-order valence-electron chi connectivity index (χ0n) is 20.6. The van der Waals surface area contributed by atoms with E-state index in [1.807, 2.05) is 32.9 Å². The first-order valence-electron chi connectivity index (χ1n) is 11.6. The average Bonchev–Trinajstić information content (AvgIpc) is 3.06. The lowest BCUT2D eigenvalue weighted by Crippen LogP contribution is -2.29. The van der Waals surface area contributed by atoms with Crippen molar-refractivity contribution in [2.75, 3.05) is 0 Å². The molecule has 1 aliphatic rings. The van der Waals surface area contributed by atoms with E-state index in [1.165, 1.54) is 35.2 Å². The molecule has 186 valence electrons. The molecule has 1 unspecified atom stereocenters. The van der Waals surface area contributed by atoms with Gasteiger partial charge in [-0.15, -0.1) is 0 Å². The second-order valence-corrected chi connectivity index (χ2v) is 9.84. The highest BCUT2D eigenvalue weighted by Gasteiger charge is 2.46. The standard InChI is InChI=1S/C29H28FNO5/c1-17-15-20(9-14-23(17)30)26(33)24-25(19-7-10-21(32)11-8-19)31(28(35)27(24)34)16-18-5-12-22(13-6-18)36-29(2,3)4/h5-15,25,32-33H,16H2,1-4H3/b26-24-. The number of ether oxygens (including phenoxy) is 1. The lowest BCUT2D eigenvalue weighted by Gasteiger charge is -2.26.